The molecule has 3 atom stereocenters. The van der Waals surface area contributed by atoms with E-state index in [4.69, 9.17) is 39.5 Å². The highest BCUT2D eigenvalue weighted by Gasteiger charge is 2.42. The number of rotatable bonds is 5. The van der Waals surface area contributed by atoms with Gasteiger partial charge in [0.2, 0.25) is 11.8 Å². The van der Waals surface area contributed by atoms with Crippen molar-refractivity contribution < 1.29 is 14.3 Å². The van der Waals surface area contributed by atoms with E-state index < -0.39 is 0 Å². The molecular formula is C24H25Cl3N2O3. The maximum Gasteiger partial charge on any atom is 0.225 e. The van der Waals surface area contributed by atoms with Gasteiger partial charge in [0.1, 0.15) is 11.9 Å². The van der Waals surface area contributed by atoms with Gasteiger partial charge in [-0.05, 0) is 43.5 Å². The van der Waals surface area contributed by atoms with Crippen LogP contribution in [0.25, 0.3) is 0 Å². The van der Waals surface area contributed by atoms with E-state index in [0.29, 0.717) is 59.7 Å². The van der Waals surface area contributed by atoms with Crippen molar-refractivity contribution in [2.24, 2.45) is 11.8 Å². The standard InChI is InChI=1S/C24H25Cl3N2O3/c1-14(32-23-9-5-17(25)11-28-23)19-12-29(24(31)15-2-6-18(30)7-3-15)13-20(19)16-4-8-21(26)22(27)10-16/h4-5,8-11,14-15,19-20H,2-3,6-7,12-13H2,1H3/t14-,19?,20+/m0/s1. The number of halogens is 3. The van der Waals surface area contributed by atoms with E-state index in [0.717, 1.165) is 5.56 Å². The van der Waals surface area contributed by atoms with Gasteiger partial charge in [0.05, 0.1) is 15.1 Å². The number of benzene rings is 1. The smallest absolute Gasteiger partial charge is 0.225 e. The normalized spacial score (nSPS) is 22.8. The zero-order chi connectivity index (χ0) is 22.8. The molecule has 1 aromatic heterocycles. The number of Topliss-reactive ketones (excluding diaryl/α,β-unsaturated/α-hetero) is 1. The minimum atomic E-state index is -0.200. The van der Waals surface area contributed by atoms with Gasteiger partial charge >= 0.3 is 0 Å². The van der Waals surface area contributed by atoms with Crippen LogP contribution in [0.4, 0.5) is 0 Å². The number of ether oxygens (including phenoxy) is 1. The van der Waals surface area contributed by atoms with Crippen LogP contribution in [0.2, 0.25) is 15.1 Å². The minimum Gasteiger partial charge on any atom is -0.474 e. The van der Waals surface area contributed by atoms with Crippen molar-refractivity contribution in [2.45, 2.75) is 44.6 Å². The van der Waals surface area contributed by atoms with E-state index >= 15 is 0 Å². The first-order valence-corrected chi connectivity index (χ1v) is 12.0. The van der Waals surface area contributed by atoms with E-state index in [1.54, 1.807) is 24.4 Å². The number of carbonyl (C=O) groups is 2. The third kappa shape index (κ3) is 5.22. The molecule has 32 heavy (non-hydrogen) atoms. The maximum absolute atomic E-state index is 13.3. The number of pyridine rings is 1. The Bertz CT molecular complexity index is 988. The molecule has 8 heteroatoms. The third-order valence-electron chi connectivity index (χ3n) is 6.55. The number of aromatic nitrogens is 1. The van der Waals surface area contributed by atoms with Crippen molar-refractivity contribution in [3.05, 3.63) is 57.2 Å². The summed E-state index contributed by atoms with van der Waals surface area (Å²) in [7, 11) is 0. The van der Waals surface area contributed by atoms with Gasteiger partial charge in [-0.3, -0.25) is 9.59 Å². The van der Waals surface area contributed by atoms with Crippen LogP contribution in [-0.2, 0) is 9.59 Å². The number of likely N-dealkylation sites (tertiary alicyclic amines) is 1. The second kappa shape index (κ2) is 9.98. The van der Waals surface area contributed by atoms with E-state index in [1.165, 1.54) is 0 Å². The van der Waals surface area contributed by atoms with Crippen molar-refractivity contribution in [1.82, 2.24) is 9.88 Å². The Labute approximate surface area is 203 Å². The molecule has 2 heterocycles. The van der Waals surface area contributed by atoms with Crippen LogP contribution in [0.3, 0.4) is 0 Å². The molecule has 2 aliphatic rings. The minimum absolute atomic E-state index is 0.0406. The van der Waals surface area contributed by atoms with Crippen LogP contribution >= 0.6 is 34.8 Å². The van der Waals surface area contributed by atoms with Gasteiger partial charge in [0.25, 0.3) is 0 Å². The average Bonchev–Trinajstić information content (AvgIpc) is 3.23. The maximum atomic E-state index is 13.3. The summed E-state index contributed by atoms with van der Waals surface area (Å²) in [6, 6.07) is 9.11. The molecule has 1 saturated heterocycles. The van der Waals surface area contributed by atoms with Gasteiger partial charge in [-0.1, -0.05) is 40.9 Å². The van der Waals surface area contributed by atoms with E-state index in [2.05, 4.69) is 4.98 Å². The summed E-state index contributed by atoms with van der Waals surface area (Å²) in [4.78, 5) is 31.0. The molecule has 0 radical (unpaired) electrons. The zero-order valence-corrected chi connectivity index (χ0v) is 20.0. The number of ketones is 1. The lowest BCUT2D eigenvalue weighted by Crippen LogP contribution is -2.37. The number of amides is 1. The largest absolute Gasteiger partial charge is 0.474 e. The van der Waals surface area contributed by atoms with Gasteiger partial charge < -0.3 is 9.64 Å². The van der Waals surface area contributed by atoms with Crippen LogP contribution in [0.15, 0.2) is 36.5 Å². The summed E-state index contributed by atoms with van der Waals surface area (Å²) in [5, 5.41) is 1.54. The Morgan fingerprint density at radius 3 is 2.50 bits per heavy atom. The van der Waals surface area contributed by atoms with Crippen LogP contribution in [0, 0.1) is 11.8 Å². The summed E-state index contributed by atoms with van der Waals surface area (Å²) in [6.45, 7) is 3.15. The van der Waals surface area contributed by atoms with Crippen LogP contribution < -0.4 is 4.74 Å². The second-order valence-electron chi connectivity index (χ2n) is 8.64. The topological polar surface area (TPSA) is 59.5 Å². The molecule has 1 unspecified atom stereocenters. The Hall–Kier alpha value is -1.82. The molecule has 2 aromatic rings. The van der Waals surface area contributed by atoms with Crippen molar-refractivity contribution >= 4 is 46.5 Å². The monoisotopic (exact) mass is 494 g/mol. The molecule has 2 fully saturated rings. The van der Waals surface area contributed by atoms with Gasteiger partial charge in [-0.15, -0.1) is 0 Å². The molecule has 1 aliphatic heterocycles. The first-order chi connectivity index (χ1) is 15.3. The summed E-state index contributed by atoms with van der Waals surface area (Å²) in [5.41, 5.74) is 1.03. The van der Waals surface area contributed by atoms with E-state index in [-0.39, 0.29) is 35.5 Å². The summed E-state index contributed by atoms with van der Waals surface area (Å²) in [6.07, 6.45) is 3.61. The number of nitrogens with zero attached hydrogens (tertiary/aromatic N) is 2. The fraction of sp³-hybridized carbons (Fsp3) is 0.458. The Kier molecular flexibility index (Phi) is 7.28. The number of hydrogen-bond acceptors (Lipinski definition) is 4. The van der Waals surface area contributed by atoms with Crippen molar-refractivity contribution in [3.8, 4) is 5.88 Å². The second-order valence-corrected chi connectivity index (χ2v) is 9.89. The lowest BCUT2D eigenvalue weighted by molar-refractivity contribution is -0.136. The SMILES string of the molecule is C[C@H](Oc1ccc(Cl)cn1)C1CN(C(=O)C2CCC(=O)CC2)C[C@@H]1c1ccc(Cl)c(Cl)c1. The van der Waals surface area contributed by atoms with Gasteiger partial charge in [0.15, 0.2) is 0 Å². The Morgan fingerprint density at radius 1 is 1.09 bits per heavy atom. The van der Waals surface area contributed by atoms with Crippen molar-refractivity contribution in [3.63, 3.8) is 0 Å². The molecule has 0 spiro atoms. The van der Waals surface area contributed by atoms with Crippen LogP contribution in [-0.4, -0.2) is 40.8 Å². The predicted octanol–water partition coefficient (Wildman–Crippen LogP) is 5.81. The molecule has 170 valence electrons. The fourth-order valence-corrected chi connectivity index (χ4v) is 5.15. The summed E-state index contributed by atoms with van der Waals surface area (Å²) in [5.74, 6) is 0.863. The highest BCUT2D eigenvalue weighted by atomic mass is 35.5. The number of hydrogen-bond donors (Lipinski definition) is 0. The van der Waals surface area contributed by atoms with Gasteiger partial charge in [-0.2, -0.15) is 0 Å². The molecule has 1 aliphatic carbocycles. The lowest BCUT2D eigenvalue weighted by atomic mass is 9.86. The summed E-state index contributed by atoms with van der Waals surface area (Å²) >= 11 is 18.4. The molecule has 1 aromatic carbocycles. The van der Waals surface area contributed by atoms with Gasteiger partial charge in [-0.25, -0.2) is 4.98 Å². The molecule has 5 nitrogen and oxygen atoms in total. The van der Waals surface area contributed by atoms with Crippen molar-refractivity contribution in [1.29, 1.82) is 0 Å². The highest BCUT2D eigenvalue weighted by Crippen LogP contribution is 2.39. The number of carbonyl (C=O) groups excluding carboxylic acids is 2. The molecule has 0 N–H and O–H groups in total. The third-order valence-corrected chi connectivity index (χ3v) is 7.51. The fourth-order valence-electron chi connectivity index (χ4n) is 4.73. The molecule has 4 rings (SSSR count). The van der Waals surface area contributed by atoms with E-state index in [9.17, 15) is 9.59 Å². The lowest BCUT2D eigenvalue weighted by Gasteiger charge is -2.26. The highest BCUT2D eigenvalue weighted by molar-refractivity contribution is 6.42. The first-order valence-electron chi connectivity index (χ1n) is 10.9. The molecule has 1 saturated carbocycles. The van der Waals surface area contributed by atoms with Crippen molar-refractivity contribution in [2.75, 3.05) is 13.1 Å². The van der Waals surface area contributed by atoms with Crippen LogP contribution in [0.1, 0.15) is 44.1 Å². The summed E-state index contributed by atoms with van der Waals surface area (Å²) < 4.78 is 6.14. The predicted molar refractivity (Wildman–Crippen MR) is 126 cm³/mol. The Morgan fingerprint density at radius 2 is 1.84 bits per heavy atom. The molecule has 0 bridgehead atoms. The zero-order valence-electron chi connectivity index (χ0n) is 17.8. The van der Waals surface area contributed by atoms with Gasteiger partial charge in [0, 0.05) is 55.9 Å². The van der Waals surface area contributed by atoms with Crippen LogP contribution in [0.5, 0.6) is 5.88 Å². The molecule has 1 amide bonds. The quantitative estimate of drug-likeness (QED) is 0.525. The molecular weight excluding hydrogens is 471 g/mol. The average molecular weight is 496 g/mol. The Balaban J connectivity index is 1.55. The van der Waals surface area contributed by atoms with E-state index in [1.807, 2.05) is 24.0 Å². The first kappa shape index (κ1) is 23.3.